The number of halogens is 2. The minimum absolute atomic E-state index is 0.137. The van der Waals surface area contributed by atoms with Gasteiger partial charge in [-0.15, -0.1) is 0 Å². The summed E-state index contributed by atoms with van der Waals surface area (Å²) in [5.41, 5.74) is 2.42. The van der Waals surface area contributed by atoms with Crippen molar-refractivity contribution in [2.75, 3.05) is 30.8 Å². The quantitative estimate of drug-likeness (QED) is 0.675. The second kappa shape index (κ2) is 9.57. The normalized spacial score (nSPS) is 11.7. The molecule has 7 heteroatoms. The lowest BCUT2D eigenvalue weighted by atomic mass is 10.1. The van der Waals surface area contributed by atoms with Gasteiger partial charge in [0.2, 0.25) is 0 Å². The van der Waals surface area contributed by atoms with Crippen LogP contribution in [0.1, 0.15) is 12.5 Å². The zero-order chi connectivity index (χ0) is 19.1. The first kappa shape index (κ1) is 20.2. The largest absolute Gasteiger partial charge is 0.322 e. The second-order valence-electron chi connectivity index (χ2n) is 6.08. The summed E-state index contributed by atoms with van der Waals surface area (Å²) in [6, 6.07) is 12.5. The van der Waals surface area contributed by atoms with Crippen LogP contribution in [0.3, 0.4) is 0 Å². The van der Waals surface area contributed by atoms with E-state index in [1.54, 1.807) is 25.2 Å². The van der Waals surface area contributed by atoms with Crippen molar-refractivity contribution in [3.05, 3.63) is 58.1 Å². The van der Waals surface area contributed by atoms with Crippen LogP contribution in [-0.2, 0) is 16.0 Å². The predicted octanol–water partition coefficient (Wildman–Crippen LogP) is 2.65. The average Bonchev–Trinajstić information content (AvgIpc) is 2.53. The maximum atomic E-state index is 12.2. The molecule has 26 heavy (non-hydrogen) atoms. The van der Waals surface area contributed by atoms with E-state index >= 15 is 0 Å². The molecule has 1 atom stereocenters. The first-order valence-electron chi connectivity index (χ1n) is 8.32. The molecular formula is C19H22Cl2N3O2+. The van der Waals surface area contributed by atoms with Gasteiger partial charge in [-0.05, 0) is 36.2 Å². The monoisotopic (exact) mass is 394 g/mol. The van der Waals surface area contributed by atoms with E-state index in [4.69, 9.17) is 23.2 Å². The number of likely N-dealkylation sites (N-methyl/N-ethyl adjacent to an activating group) is 1. The molecule has 0 radical (unpaired) electrons. The third kappa shape index (κ3) is 6.33. The van der Waals surface area contributed by atoms with E-state index in [0.29, 0.717) is 15.7 Å². The summed E-state index contributed by atoms with van der Waals surface area (Å²) >= 11 is 11.8. The molecule has 0 aliphatic rings. The number of amides is 2. The van der Waals surface area contributed by atoms with Gasteiger partial charge in [-0.3, -0.25) is 9.59 Å². The number of hydrogen-bond donors (Lipinski definition) is 3. The van der Waals surface area contributed by atoms with E-state index in [1.165, 1.54) is 0 Å². The van der Waals surface area contributed by atoms with E-state index in [-0.39, 0.29) is 24.9 Å². The fourth-order valence-electron chi connectivity index (χ4n) is 2.59. The lowest BCUT2D eigenvalue weighted by molar-refractivity contribution is -0.862. The van der Waals surface area contributed by atoms with E-state index in [0.717, 1.165) is 22.6 Å². The molecule has 1 unspecified atom stereocenters. The van der Waals surface area contributed by atoms with Crippen LogP contribution in [0, 0.1) is 0 Å². The first-order chi connectivity index (χ1) is 12.4. The highest BCUT2D eigenvalue weighted by Crippen LogP contribution is 2.22. The summed E-state index contributed by atoms with van der Waals surface area (Å²) in [5, 5.41) is 6.53. The van der Waals surface area contributed by atoms with Crippen LogP contribution in [0.15, 0.2) is 42.5 Å². The number of para-hydroxylation sites is 1. The summed E-state index contributed by atoms with van der Waals surface area (Å²) in [6.07, 6.45) is 0.837. The Hall–Kier alpha value is -2.08. The van der Waals surface area contributed by atoms with Gasteiger partial charge in [0, 0.05) is 21.4 Å². The molecule has 2 rings (SSSR count). The summed E-state index contributed by atoms with van der Waals surface area (Å²) in [5.74, 6) is -0.357. The molecule has 0 aromatic heterocycles. The SMILES string of the molecule is CCc1ccccc1NC(=O)C[NH+](C)CC(=O)Nc1cc(Cl)cc(Cl)c1. The van der Waals surface area contributed by atoms with Crippen LogP contribution in [0.25, 0.3) is 0 Å². The minimum atomic E-state index is -0.220. The number of carbonyl (C=O) groups excluding carboxylic acids is 2. The Morgan fingerprint density at radius 1 is 0.962 bits per heavy atom. The van der Waals surface area contributed by atoms with Gasteiger partial charge in [0.05, 0.1) is 7.05 Å². The van der Waals surface area contributed by atoms with Crippen molar-refractivity contribution in [3.63, 3.8) is 0 Å². The number of rotatable bonds is 7. The van der Waals surface area contributed by atoms with Gasteiger partial charge in [-0.2, -0.15) is 0 Å². The maximum absolute atomic E-state index is 12.2. The van der Waals surface area contributed by atoms with Crippen molar-refractivity contribution in [2.24, 2.45) is 0 Å². The van der Waals surface area contributed by atoms with Gasteiger partial charge in [-0.1, -0.05) is 48.3 Å². The van der Waals surface area contributed by atoms with Crippen LogP contribution in [0.2, 0.25) is 10.0 Å². The van der Waals surface area contributed by atoms with E-state index in [9.17, 15) is 9.59 Å². The summed E-state index contributed by atoms with van der Waals surface area (Å²) in [6.45, 7) is 2.36. The molecule has 3 N–H and O–H groups in total. The van der Waals surface area contributed by atoms with Crippen LogP contribution < -0.4 is 15.5 Å². The lowest BCUT2D eigenvalue weighted by Crippen LogP contribution is -3.11. The molecular weight excluding hydrogens is 373 g/mol. The van der Waals surface area contributed by atoms with Gasteiger partial charge in [0.15, 0.2) is 13.1 Å². The molecule has 0 heterocycles. The Labute approximate surface area is 163 Å². The first-order valence-corrected chi connectivity index (χ1v) is 9.08. The van der Waals surface area contributed by atoms with E-state index in [1.807, 2.05) is 31.2 Å². The molecule has 2 aromatic carbocycles. The molecule has 0 saturated heterocycles. The minimum Gasteiger partial charge on any atom is -0.322 e. The van der Waals surface area contributed by atoms with Crippen molar-refractivity contribution in [1.29, 1.82) is 0 Å². The van der Waals surface area contributed by atoms with Crippen molar-refractivity contribution < 1.29 is 14.5 Å². The van der Waals surface area contributed by atoms with Gasteiger partial charge in [0.25, 0.3) is 11.8 Å². The standard InChI is InChI=1S/C19H21Cl2N3O2/c1-3-13-6-4-5-7-17(13)23-19(26)12-24(2)11-18(25)22-16-9-14(20)8-15(21)10-16/h4-10H,3,11-12H2,1-2H3,(H,22,25)(H,23,26)/p+1. The molecule has 138 valence electrons. The molecule has 0 saturated carbocycles. The Bertz CT molecular complexity index is 776. The van der Waals surface area contributed by atoms with Gasteiger partial charge in [0.1, 0.15) is 0 Å². The second-order valence-corrected chi connectivity index (χ2v) is 6.95. The van der Waals surface area contributed by atoms with Crippen molar-refractivity contribution in [3.8, 4) is 0 Å². The third-order valence-electron chi connectivity index (χ3n) is 3.74. The van der Waals surface area contributed by atoms with Gasteiger partial charge < -0.3 is 15.5 Å². The van der Waals surface area contributed by atoms with Crippen molar-refractivity contribution >= 4 is 46.4 Å². The van der Waals surface area contributed by atoms with Crippen LogP contribution in [0.4, 0.5) is 11.4 Å². The smallest absolute Gasteiger partial charge is 0.279 e. The number of anilines is 2. The van der Waals surface area contributed by atoms with Crippen LogP contribution in [0.5, 0.6) is 0 Å². The molecule has 2 aromatic rings. The highest BCUT2D eigenvalue weighted by molar-refractivity contribution is 6.35. The molecule has 5 nitrogen and oxygen atoms in total. The number of benzene rings is 2. The average molecular weight is 395 g/mol. The molecule has 0 fully saturated rings. The number of nitrogens with one attached hydrogen (secondary N) is 3. The zero-order valence-corrected chi connectivity index (χ0v) is 16.2. The Balaban J connectivity index is 1.86. The Morgan fingerprint density at radius 2 is 1.54 bits per heavy atom. The van der Waals surface area contributed by atoms with Crippen molar-refractivity contribution in [2.45, 2.75) is 13.3 Å². The Morgan fingerprint density at radius 3 is 2.15 bits per heavy atom. The van der Waals surface area contributed by atoms with Crippen LogP contribution >= 0.6 is 23.2 Å². The highest BCUT2D eigenvalue weighted by Gasteiger charge is 2.15. The molecule has 0 aliphatic carbocycles. The number of quaternary nitrogens is 1. The lowest BCUT2D eigenvalue weighted by Gasteiger charge is -2.15. The van der Waals surface area contributed by atoms with Crippen molar-refractivity contribution in [1.82, 2.24) is 0 Å². The predicted molar refractivity (Wildman–Crippen MR) is 106 cm³/mol. The van der Waals surface area contributed by atoms with Crippen LogP contribution in [-0.4, -0.2) is 32.0 Å². The summed E-state index contributed by atoms with van der Waals surface area (Å²) in [7, 11) is 1.79. The van der Waals surface area contributed by atoms with E-state index in [2.05, 4.69) is 10.6 Å². The fourth-order valence-corrected chi connectivity index (χ4v) is 3.11. The third-order valence-corrected chi connectivity index (χ3v) is 4.18. The number of aryl methyl sites for hydroxylation is 1. The van der Waals surface area contributed by atoms with E-state index < -0.39 is 0 Å². The number of hydrogen-bond acceptors (Lipinski definition) is 2. The summed E-state index contributed by atoms with van der Waals surface area (Å²) in [4.78, 5) is 25.1. The zero-order valence-electron chi connectivity index (χ0n) is 14.7. The number of carbonyl (C=O) groups is 2. The van der Waals surface area contributed by atoms with Gasteiger partial charge >= 0.3 is 0 Å². The molecule has 0 aliphatic heterocycles. The topological polar surface area (TPSA) is 62.6 Å². The molecule has 0 bridgehead atoms. The summed E-state index contributed by atoms with van der Waals surface area (Å²) < 4.78 is 0. The van der Waals surface area contributed by atoms with Gasteiger partial charge in [-0.25, -0.2) is 0 Å². The fraction of sp³-hybridized carbons (Fsp3) is 0.263. The molecule has 2 amide bonds. The maximum Gasteiger partial charge on any atom is 0.279 e. The molecule has 0 spiro atoms. The Kier molecular flexibility index (Phi) is 7.45. The highest BCUT2D eigenvalue weighted by atomic mass is 35.5.